The van der Waals surface area contributed by atoms with Crippen LogP contribution in [0, 0.1) is 0 Å². The zero-order chi connectivity index (χ0) is 23.1. The lowest BCUT2D eigenvalue weighted by atomic mass is 9.91. The lowest BCUT2D eigenvalue weighted by Gasteiger charge is -2.38. The van der Waals surface area contributed by atoms with Crippen molar-refractivity contribution in [3.63, 3.8) is 0 Å². The van der Waals surface area contributed by atoms with Gasteiger partial charge in [-0.05, 0) is 51.7 Å². The molecule has 1 aliphatic heterocycles. The van der Waals surface area contributed by atoms with Gasteiger partial charge in [0.1, 0.15) is 5.60 Å². The van der Waals surface area contributed by atoms with Crippen molar-refractivity contribution in [3.8, 4) is 11.3 Å². The molecule has 0 bridgehead atoms. The Labute approximate surface area is 174 Å². The van der Waals surface area contributed by atoms with E-state index < -0.39 is 12.6 Å². The molecule has 1 fully saturated rings. The second-order valence-electron chi connectivity index (χ2n) is 8.08. The molecular formula is C21H27N5O3. The topological polar surface area (TPSA) is 100 Å². The minimum absolute atomic E-state index is 0.0972. The number of hydrogen-bond acceptors (Lipinski definition) is 7. The van der Waals surface area contributed by atoms with Gasteiger partial charge in [-0.15, -0.1) is 0 Å². The number of nitrogens with one attached hydrogen (secondary N) is 1. The maximum atomic E-state index is 12.8. The Morgan fingerprint density at radius 3 is 2.69 bits per heavy atom. The van der Waals surface area contributed by atoms with Gasteiger partial charge in [0.05, 0.1) is 34.3 Å². The first-order valence-electron chi connectivity index (χ1n) is 11.3. The van der Waals surface area contributed by atoms with Crippen molar-refractivity contribution < 1.29 is 18.8 Å². The number of methoxy groups -OCH3 is 1. The summed E-state index contributed by atoms with van der Waals surface area (Å²) in [5.41, 5.74) is 0.789. The number of fused-ring (bicyclic) bond motifs is 1. The van der Waals surface area contributed by atoms with Gasteiger partial charge >= 0.3 is 0 Å². The summed E-state index contributed by atoms with van der Waals surface area (Å²) >= 11 is 0. The third-order valence-corrected chi connectivity index (χ3v) is 5.52. The second kappa shape index (κ2) is 7.68. The highest BCUT2D eigenvalue weighted by molar-refractivity contribution is 6.01. The van der Waals surface area contributed by atoms with Crippen LogP contribution >= 0.6 is 0 Å². The molecule has 2 aliphatic rings. The average Bonchev–Trinajstić information content (AvgIpc) is 2.72. The molecule has 29 heavy (non-hydrogen) atoms. The van der Waals surface area contributed by atoms with Crippen molar-refractivity contribution in [2.75, 3.05) is 23.8 Å². The van der Waals surface area contributed by atoms with Crippen LogP contribution in [0.3, 0.4) is 0 Å². The lowest BCUT2D eigenvalue weighted by molar-refractivity contribution is -0.118. The molecule has 0 atom stereocenters. The van der Waals surface area contributed by atoms with Crippen LogP contribution in [-0.4, -0.2) is 51.7 Å². The van der Waals surface area contributed by atoms with Gasteiger partial charge in [0.25, 0.3) is 0 Å². The van der Waals surface area contributed by atoms with Gasteiger partial charge < -0.3 is 15.2 Å². The summed E-state index contributed by atoms with van der Waals surface area (Å²) in [6.07, 6.45) is 5.29. The molecular weight excluding hydrogens is 370 g/mol. The fourth-order valence-corrected chi connectivity index (χ4v) is 3.88. The summed E-state index contributed by atoms with van der Waals surface area (Å²) in [5.74, 6) is 0.903. The van der Waals surface area contributed by atoms with Crippen LogP contribution in [-0.2, 0) is 15.1 Å². The highest BCUT2D eigenvalue weighted by atomic mass is 16.5. The van der Waals surface area contributed by atoms with E-state index in [0.717, 1.165) is 5.56 Å². The first-order chi connectivity index (χ1) is 15.0. The molecule has 8 heteroatoms. The van der Waals surface area contributed by atoms with E-state index in [1.54, 1.807) is 37.2 Å². The molecule has 0 radical (unpaired) electrons. The maximum Gasteiger partial charge on any atom is 0.247 e. The Balaban J connectivity index is 1.57. The third-order valence-electron chi connectivity index (χ3n) is 5.52. The number of aromatic nitrogens is 3. The molecule has 8 nitrogen and oxygen atoms in total. The van der Waals surface area contributed by atoms with Gasteiger partial charge in [-0.3, -0.25) is 14.7 Å². The molecule has 3 heterocycles. The summed E-state index contributed by atoms with van der Waals surface area (Å²) < 4.78 is 27.0. The predicted octanol–water partition coefficient (Wildman–Crippen LogP) is 2.48. The fourth-order valence-electron chi connectivity index (χ4n) is 3.88. The summed E-state index contributed by atoms with van der Waals surface area (Å²) in [6.45, 7) is 3.47. The number of rotatable bonds is 4. The van der Waals surface area contributed by atoms with Crippen molar-refractivity contribution in [1.29, 1.82) is 0 Å². The number of amides is 1. The van der Waals surface area contributed by atoms with Gasteiger partial charge in [0.2, 0.25) is 5.91 Å². The van der Waals surface area contributed by atoms with E-state index in [9.17, 15) is 9.90 Å². The Kier molecular flexibility index (Phi) is 4.30. The number of anilines is 2. The van der Waals surface area contributed by atoms with Crippen LogP contribution in [0.25, 0.3) is 11.3 Å². The first kappa shape index (κ1) is 16.2. The fraction of sp³-hybridized carbons (Fsp3) is 0.524. The van der Waals surface area contributed by atoms with E-state index in [-0.39, 0.29) is 24.6 Å². The van der Waals surface area contributed by atoms with Crippen molar-refractivity contribution in [3.05, 3.63) is 30.2 Å². The smallest absolute Gasteiger partial charge is 0.247 e. The highest BCUT2D eigenvalue weighted by Crippen LogP contribution is 2.34. The van der Waals surface area contributed by atoms with Crippen molar-refractivity contribution in [1.82, 2.24) is 15.0 Å². The monoisotopic (exact) mass is 400 g/mol. The van der Waals surface area contributed by atoms with E-state index in [0.29, 0.717) is 48.7 Å². The first-order valence-corrected chi connectivity index (χ1v) is 9.81. The molecule has 2 N–H and O–H groups in total. The number of nitrogens with zero attached hydrogens (tertiary/aromatic N) is 4. The van der Waals surface area contributed by atoms with E-state index in [1.807, 2.05) is 6.07 Å². The molecule has 2 aromatic rings. The molecule has 0 unspecified atom stereocenters. The summed E-state index contributed by atoms with van der Waals surface area (Å²) in [6, 6.07) is 3.46. The van der Waals surface area contributed by atoms with Gasteiger partial charge in [-0.2, -0.15) is 0 Å². The van der Waals surface area contributed by atoms with Gasteiger partial charge in [-0.25, -0.2) is 9.97 Å². The molecule has 1 aliphatic carbocycles. The minimum atomic E-state index is -2.41. The van der Waals surface area contributed by atoms with Gasteiger partial charge in [0.15, 0.2) is 11.6 Å². The Morgan fingerprint density at radius 1 is 1.24 bits per heavy atom. The van der Waals surface area contributed by atoms with Crippen LogP contribution in [0.1, 0.15) is 49.3 Å². The van der Waals surface area contributed by atoms with Crippen LogP contribution in [0.15, 0.2) is 24.5 Å². The SMILES string of the molecule is [2H]C([2H])([2H])O[C@H]1CC[C@H](N2C(=O)CNc3ncc(-c4ccc(C(C)(C)O)nc4)nc32)CC1. The number of hydrogen-bond donors (Lipinski definition) is 2. The second-order valence-corrected chi connectivity index (χ2v) is 8.08. The predicted molar refractivity (Wildman–Crippen MR) is 110 cm³/mol. The van der Waals surface area contributed by atoms with Crippen LogP contribution < -0.4 is 10.2 Å². The molecule has 0 spiro atoms. The lowest BCUT2D eigenvalue weighted by Crippen LogP contribution is -2.49. The van der Waals surface area contributed by atoms with E-state index in [2.05, 4.69) is 15.3 Å². The molecule has 1 saturated carbocycles. The van der Waals surface area contributed by atoms with Crippen LogP contribution in [0.2, 0.25) is 0 Å². The maximum absolute atomic E-state index is 12.8. The largest absolute Gasteiger partial charge is 0.384 e. The van der Waals surface area contributed by atoms with Crippen LogP contribution in [0.4, 0.5) is 11.6 Å². The third kappa shape index (κ3) is 3.95. The normalized spacial score (nSPS) is 24.2. The zero-order valence-electron chi connectivity index (χ0n) is 19.6. The molecule has 2 aromatic heterocycles. The number of carbonyl (C=O) groups excluding carboxylic acids is 1. The minimum Gasteiger partial charge on any atom is -0.384 e. The Morgan fingerprint density at radius 2 is 2.03 bits per heavy atom. The molecule has 154 valence electrons. The molecule has 4 rings (SSSR count). The summed E-state index contributed by atoms with van der Waals surface area (Å²) in [7, 11) is -2.41. The quantitative estimate of drug-likeness (QED) is 0.813. The molecule has 1 amide bonds. The summed E-state index contributed by atoms with van der Waals surface area (Å²) in [4.78, 5) is 28.0. The zero-order valence-corrected chi connectivity index (χ0v) is 16.6. The Hall–Kier alpha value is -2.58. The van der Waals surface area contributed by atoms with Crippen molar-refractivity contribution >= 4 is 17.5 Å². The average molecular weight is 400 g/mol. The van der Waals surface area contributed by atoms with E-state index >= 15 is 0 Å². The standard InChI is InChI=1S/C21H27N5O3/c1-21(2,28)17-9-4-13(10-22-17)16-11-23-19-20(25-16)26(18(27)12-24-19)14-5-7-15(29-3)8-6-14/h4,9-11,14-15,28H,5-8,12H2,1-3H3,(H,23,24)/t14-,15-/i3D3. The summed E-state index contributed by atoms with van der Waals surface area (Å²) in [5, 5.41) is 13.1. The van der Waals surface area contributed by atoms with Crippen LogP contribution in [0.5, 0.6) is 0 Å². The Bertz CT molecular complexity index is 984. The number of ether oxygens (including phenoxy) is 1. The number of pyridine rings is 1. The van der Waals surface area contributed by atoms with E-state index in [1.165, 1.54) is 0 Å². The molecule has 0 saturated heterocycles. The van der Waals surface area contributed by atoms with Gasteiger partial charge in [0, 0.05) is 24.8 Å². The van der Waals surface area contributed by atoms with Crippen molar-refractivity contribution in [2.24, 2.45) is 0 Å². The number of carbonyl (C=O) groups is 1. The molecule has 0 aromatic carbocycles. The van der Waals surface area contributed by atoms with Crippen molar-refractivity contribution in [2.45, 2.75) is 57.3 Å². The highest BCUT2D eigenvalue weighted by Gasteiger charge is 2.35. The number of aliphatic hydroxyl groups is 1. The van der Waals surface area contributed by atoms with Gasteiger partial charge in [-0.1, -0.05) is 0 Å². The van der Waals surface area contributed by atoms with E-state index in [4.69, 9.17) is 13.8 Å².